The number of ether oxygens (including phenoxy) is 1. The molecule has 1 aromatic carbocycles. The average Bonchev–Trinajstić information content (AvgIpc) is 2.39. The zero-order valence-corrected chi connectivity index (χ0v) is 13.2. The molecule has 4 heteroatoms. The molecule has 0 spiro atoms. The van der Waals surface area contributed by atoms with Crippen LogP contribution in [-0.2, 0) is 4.79 Å². The molecular formula is C16H24ClNO2. The third-order valence-electron chi connectivity index (χ3n) is 2.92. The Hall–Kier alpha value is -1.22. The molecule has 1 unspecified atom stereocenters. The minimum Gasteiger partial charge on any atom is -0.491 e. The number of amides is 1. The highest BCUT2D eigenvalue weighted by atomic mass is 35.5. The van der Waals surface area contributed by atoms with E-state index in [1.165, 1.54) is 0 Å². The minimum atomic E-state index is 0.00611. The van der Waals surface area contributed by atoms with E-state index in [0.717, 1.165) is 24.2 Å². The zero-order chi connectivity index (χ0) is 15.0. The summed E-state index contributed by atoms with van der Waals surface area (Å²) in [6.45, 7) is 5.98. The summed E-state index contributed by atoms with van der Waals surface area (Å²) in [6, 6.07) is 7.85. The number of alkyl halides is 1. The Bertz CT molecular complexity index is 403. The van der Waals surface area contributed by atoms with Crippen LogP contribution in [0.15, 0.2) is 24.3 Å². The first-order valence-electron chi connectivity index (χ1n) is 7.15. The van der Waals surface area contributed by atoms with E-state index in [0.29, 0.717) is 12.3 Å². The van der Waals surface area contributed by atoms with Gasteiger partial charge in [0.25, 0.3) is 0 Å². The van der Waals surface area contributed by atoms with Crippen molar-refractivity contribution >= 4 is 17.5 Å². The maximum absolute atomic E-state index is 11.7. The number of nitrogens with one attached hydrogen (secondary N) is 1. The third kappa shape index (κ3) is 6.29. The molecule has 1 amide bonds. The number of rotatable bonds is 8. The Morgan fingerprint density at radius 3 is 2.40 bits per heavy atom. The van der Waals surface area contributed by atoms with Gasteiger partial charge in [0.05, 0.1) is 12.1 Å². The molecule has 0 saturated carbocycles. The van der Waals surface area contributed by atoms with Gasteiger partial charge >= 0.3 is 0 Å². The van der Waals surface area contributed by atoms with E-state index in [4.69, 9.17) is 16.3 Å². The minimum absolute atomic E-state index is 0.00611. The molecule has 112 valence electrons. The molecule has 0 fully saturated rings. The van der Waals surface area contributed by atoms with Gasteiger partial charge in [0.1, 0.15) is 5.75 Å². The number of unbranched alkanes of at least 4 members (excludes halogenated alkanes) is 1. The summed E-state index contributed by atoms with van der Waals surface area (Å²) in [7, 11) is 0. The second kappa shape index (κ2) is 8.85. The molecule has 0 aliphatic rings. The molecular weight excluding hydrogens is 274 g/mol. The number of benzene rings is 1. The predicted octanol–water partition coefficient (Wildman–Crippen LogP) is 4.06. The summed E-state index contributed by atoms with van der Waals surface area (Å²) in [4.78, 5) is 11.7. The maximum Gasteiger partial charge on any atom is 0.220 e. The summed E-state index contributed by atoms with van der Waals surface area (Å²) in [5.74, 6) is 1.54. The van der Waals surface area contributed by atoms with Crippen LogP contribution in [0.2, 0.25) is 0 Å². The molecule has 0 aliphatic carbocycles. The fourth-order valence-electron chi connectivity index (χ4n) is 1.88. The van der Waals surface area contributed by atoms with Crippen molar-refractivity contribution in [2.75, 3.05) is 5.88 Å². The van der Waals surface area contributed by atoms with Crippen LogP contribution in [0.3, 0.4) is 0 Å². The number of carbonyl (C=O) groups is 1. The number of hydrogen-bond acceptors (Lipinski definition) is 2. The molecule has 0 heterocycles. The van der Waals surface area contributed by atoms with Crippen LogP contribution in [0, 0.1) is 0 Å². The van der Waals surface area contributed by atoms with Crippen molar-refractivity contribution in [2.24, 2.45) is 0 Å². The van der Waals surface area contributed by atoms with E-state index in [1.807, 2.05) is 45.0 Å². The van der Waals surface area contributed by atoms with Gasteiger partial charge in [-0.05, 0) is 51.3 Å². The van der Waals surface area contributed by atoms with Crippen LogP contribution in [0.4, 0.5) is 0 Å². The van der Waals surface area contributed by atoms with Crippen LogP contribution in [0.1, 0.15) is 51.6 Å². The molecule has 20 heavy (non-hydrogen) atoms. The van der Waals surface area contributed by atoms with Crippen LogP contribution < -0.4 is 10.1 Å². The van der Waals surface area contributed by atoms with Crippen molar-refractivity contribution < 1.29 is 9.53 Å². The zero-order valence-electron chi connectivity index (χ0n) is 12.5. The highest BCUT2D eigenvalue weighted by molar-refractivity contribution is 6.17. The fraction of sp³-hybridized carbons (Fsp3) is 0.562. The third-order valence-corrected chi connectivity index (χ3v) is 3.18. The Morgan fingerprint density at radius 1 is 1.20 bits per heavy atom. The molecule has 1 aromatic rings. The summed E-state index contributed by atoms with van der Waals surface area (Å²) >= 11 is 5.59. The van der Waals surface area contributed by atoms with Crippen molar-refractivity contribution in [3.05, 3.63) is 29.8 Å². The lowest BCUT2D eigenvalue weighted by Gasteiger charge is -2.15. The summed E-state index contributed by atoms with van der Waals surface area (Å²) in [5.41, 5.74) is 1.08. The molecule has 0 aromatic heterocycles. The van der Waals surface area contributed by atoms with Gasteiger partial charge in [0.15, 0.2) is 0 Å². The van der Waals surface area contributed by atoms with Gasteiger partial charge < -0.3 is 10.1 Å². The van der Waals surface area contributed by atoms with E-state index in [-0.39, 0.29) is 18.1 Å². The molecule has 1 rings (SSSR count). The summed E-state index contributed by atoms with van der Waals surface area (Å²) in [6.07, 6.45) is 2.42. The fourth-order valence-corrected chi connectivity index (χ4v) is 2.07. The molecule has 1 atom stereocenters. The van der Waals surface area contributed by atoms with Crippen molar-refractivity contribution in [3.8, 4) is 5.75 Å². The van der Waals surface area contributed by atoms with Gasteiger partial charge in [0, 0.05) is 12.3 Å². The smallest absolute Gasteiger partial charge is 0.220 e. The second-order valence-corrected chi connectivity index (χ2v) is 5.55. The van der Waals surface area contributed by atoms with Crippen molar-refractivity contribution in [1.82, 2.24) is 5.32 Å². The van der Waals surface area contributed by atoms with E-state index < -0.39 is 0 Å². The van der Waals surface area contributed by atoms with E-state index in [2.05, 4.69) is 5.32 Å². The van der Waals surface area contributed by atoms with Crippen molar-refractivity contribution in [2.45, 2.75) is 52.2 Å². The number of halogens is 1. The molecule has 0 saturated heterocycles. The normalized spacial score (nSPS) is 12.2. The van der Waals surface area contributed by atoms with Crippen LogP contribution in [-0.4, -0.2) is 17.9 Å². The first kappa shape index (κ1) is 16.8. The lowest BCUT2D eigenvalue weighted by atomic mass is 10.1. The standard InChI is InChI=1S/C16H24ClNO2/c1-12(2)20-15-9-7-14(8-10-15)13(3)18-16(19)6-4-5-11-17/h7-10,12-13H,4-6,11H2,1-3H3,(H,18,19). The molecule has 3 nitrogen and oxygen atoms in total. The van der Waals surface area contributed by atoms with Gasteiger partial charge in [-0.25, -0.2) is 0 Å². The molecule has 0 bridgehead atoms. The van der Waals surface area contributed by atoms with Crippen molar-refractivity contribution in [3.63, 3.8) is 0 Å². The Labute approximate surface area is 126 Å². The van der Waals surface area contributed by atoms with Crippen LogP contribution in [0.25, 0.3) is 0 Å². The topological polar surface area (TPSA) is 38.3 Å². The lowest BCUT2D eigenvalue weighted by Crippen LogP contribution is -2.26. The Balaban J connectivity index is 2.46. The van der Waals surface area contributed by atoms with E-state index in [1.54, 1.807) is 0 Å². The Kier molecular flexibility index (Phi) is 7.45. The molecule has 0 aliphatic heterocycles. The highest BCUT2D eigenvalue weighted by Gasteiger charge is 2.09. The van der Waals surface area contributed by atoms with E-state index >= 15 is 0 Å². The van der Waals surface area contributed by atoms with Gasteiger partial charge in [0.2, 0.25) is 5.91 Å². The van der Waals surface area contributed by atoms with Gasteiger partial charge in [-0.15, -0.1) is 11.6 Å². The van der Waals surface area contributed by atoms with Crippen LogP contribution in [0.5, 0.6) is 5.75 Å². The first-order valence-corrected chi connectivity index (χ1v) is 7.68. The SMILES string of the molecule is CC(C)Oc1ccc(C(C)NC(=O)CCCCCl)cc1. The lowest BCUT2D eigenvalue weighted by molar-refractivity contribution is -0.121. The first-order chi connectivity index (χ1) is 9.52. The highest BCUT2D eigenvalue weighted by Crippen LogP contribution is 2.18. The second-order valence-electron chi connectivity index (χ2n) is 5.17. The average molecular weight is 298 g/mol. The summed E-state index contributed by atoms with van der Waals surface area (Å²) < 4.78 is 5.60. The van der Waals surface area contributed by atoms with Gasteiger partial charge in [-0.1, -0.05) is 12.1 Å². The Morgan fingerprint density at radius 2 is 1.85 bits per heavy atom. The monoisotopic (exact) mass is 297 g/mol. The predicted molar refractivity (Wildman–Crippen MR) is 83.3 cm³/mol. The molecule has 0 radical (unpaired) electrons. The molecule has 1 N–H and O–H groups in total. The number of hydrogen-bond donors (Lipinski definition) is 1. The summed E-state index contributed by atoms with van der Waals surface area (Å²) in [5, 5.41) is 2.99. The van der Waals surface area contributed by atoms with Gasteiger partial charge in [-0.3, -0.25) is 4.79 Å². The van der Waals surface area contributed by atoms with Crippen LogP contribution >= 0.6 is 11.6 Å². The van der Waals surface area contributed by atoms with Gasteiger partial charge in [-0.2, -0.15) is 0 Å². The number of carbonyl (C=O) groups excluding carboxylic acids is 1. The van der Waals surface area contributed by atoms with Crippen molar-refractivity contribution in [1.29, 1.82) is 0 Å². The maximum atomic E-state index is 11.7. The van der Waals surface area contributed by atoms with E-state index in [9.17, 15) is 4.79 Å². The largest absolute Gasteiger partial charge is 0.491 e. The quantitative estimate of drug-likeness (QED) is 0.580.